The smallest absolute Gasteiger partial charge is 0.252 e. The number of benzene rings is 2. The lowest BCUT2D eigenvalue weighted by atomic mass is 10.1. The average molecular weight is 454 g/mol. The minimum atomic E-state index is -0.696. The van der Waals surface area contributed by atoms with Crippen molar-refractivity contribution >= 4 is 46.2 Å². The molecule has 2 amide bonds. The van der Waals surface area contributed by atoms with Crippen molar-refractivity contribution in [3.05, 3.63) is 88.4 Å². The molecule has 0 saturated carbocycles. The van der Waals surface area contributed by atoms with Gasteiger partial charge in [-0.1, -0.05) is 36.4 Å². The molecule has 1 unspecified atom stereocenters. The van der Waals surface area contributed by atoms with Crippen molar-refractivity contribution in [2.75, 3.05) is 5.32 Å². The lowest BCUT2D eigenvalue weighted by molar-refractivity contribution is -0.131. The number of anilines is 1. The molecule has 0 aliphatic carbocycles. The molecule has 2 heterocycles. The summed E-state index contributed by atoms with van der Waals surface area (Å²) < 4.78 is 13.1. The fourth-order valence-corrected chi connectivity index (χ4v) is 4.52. The Morgan fingerprint density at radius 3 is 2.45 bits per heavy atom. The Kier molecular flexibility index (Phi) is 6.39. The number of carbonyl (C=O) groups excluding carboxylic acids is 2. The number of halogens is 1. The van der Waals surface area contributed by atoms with Gasteiger partial charge in [0.15, 0.2) is 5.11 Å². The van der Waals surface area contributed by atoms with Gasteiger partial charge in [0, 0.05) is 10.6 Å². The van der Waals surface area contributed by atoms with Gasteiger partial charge in [0.25, 0.3) is 5.91 Å². The van der Waals surface area contributed by atoms with Crippen LogP contribution in [0.2, 0.25) is 0 Å². The Labute approximate surface area is 189 Å². The van der Waals surface area contributed by atoms with E-state index in [0.717, 1.165) is 10.4 Å². The van der Waals surface area contributed by atoms with Crippen molar-refractivity contribution in [3.8, 4) is 0 Å². The van der Waals surface area contributed by atoms with E-state index in [1.807, 2.05) is 52.7 Å². The molecule has 5 nitrogen and oxygen atoms in total. The van der Waals surface area contributed by atoms with Crippen LogP contribution in [0.15, 0.2) is 72.1 Å². The van der Waals surface area contributed by atoms with Gasteiger partial charge < -0.3 is 10.2 Å². The molecule has 1 fully saturated rings. The highest BCUT2D eigenvalue weighted by Crippen LogP contribution is 2.26. The molecule has 0 bridgehead atoms. The molecule has 1 aliphatic heterocycles. The highest BCUT2D eigenvalue weighted by atomic mass is 32.1. The quantitative estimate of drug-likeness (QED) is 0.539. The van der Waals surface area contributed by atoms with Gasteiger partial charge in [0.2, 0.25) is 5.91 Å². The van der Waals surface area contributed by atoms with Crippen LogP contribution in [-0.2, 0) is 22.7 Å². The second kappa shape index (κ2) is 9.36. The first-order chi connectivity index (χ1) is 15.0. The summed E-state index contributed by atoms with van der Waals surface area (Å²) in [4.78, 5) is 30.4. The lowest BCUT2D eigenvalue weighted by Gasteiger charge is -2.23. The molecule has 31 heavy (non-hydrogen) atoms. The normalized spacial score (nSPS) is 16.1. The molecule has 1 saturated heterocycles. The van der Waals surface area contributed by atoms with E-state index in [1.165, 1.54) is 24.3 Å². The van der Waals surface area contributed by atoms with E-state index in [-0.39, 0.29) is 24.1 Å². The first kappa shape index (κ1) is 21.1. The minimum Gasteiger partial charge on any atom is -0.331 e. The number of thiocarbonyl (C=S) groups is 1. The number of nitrogens with zero attached hydrogens (tertiary/aromatic N) is 2. The van der Waals surface area contributed by atoms with Gasteiger partial charge in [-0.2, -0.15) is 0 Å². The van der Waals surface area contributed by atoms with Crippen LogP contribution in [0.3, 0.4) is 0 Å². The summed E-state index contributed by atoms with van der Waals surface area (Å²) in [5.74, 6) is -0.904. The molecular formula is C23H20FN3O2S2. The molecule has 4 rings (SSSR count). The van der Waals surface area contributed by atoms with Crippen molar-refractivity contribution in [2.45, 2.75) is 25.6 Å². The van der Waals surface area contributed by atoms with Gasteiger partial charge >= 0.3 is 0 Å². The van der Waals surface area contributed by atoms with Crippen molar-refractivity contribution < 1.29 is 14.0 Å². The maximum Gasteiger partial charge on any atom is 0.252 e. The Morgan fingerprint density at radius 2 is 1.77 bits per heavy atom. The van der Waals surface area contributed by atoms with Gasteiger partial charge in [0.1, 0.15) is 11.9 Å². The fourth-order valence-electron chi connectivity index (χ4n) is 3.47. The third-order valence-corrected chi connectivity index (χ3v) is 6.32. The third-order valence-electron chi connectivity index (χ3n) is 5.00. The van der Waals surface area contributed by atoms with E-state index in [9.17, 15) is 14.0 Å². The highest BCUT2D eigenvalue weighted by Gasteiger charge is 2.43. The Morgan fingerprint density at radius 1 is 1.03 bits per heavy atom. The van der Waals surface area contributed by atoms with E-state index in [2.05, 4.69) is 5.32 Å². The number of hydrogen-bond acceptors (Lipinski definition) is 4. The molecule has 3 aromatic rings. The predicted molar refractivity (Wildman–Crippen MR) is 123 cm³/mol. The van der Waals surface area contributed by atoms with E-state index in [0.29, 0.717) is 23.9 Å². The molecule has 1 aliphatic rings. The molecule has 8 heteroatoms. The molecular weight excluding hydrogens is 433 g/mol. The molecule has 158 valence electrons. The maximum atomic E-state index is 13.3. The van der Waals surface area contributed by atoms with Crippen molar-refractivity contribution in [1.29, 1.82) is 0 Å². The van der Waals surface area contributed by atoms with Gasteiger partial charge in [-0.15, -0.1) is 11.3 Å². The highest BCUT2D eigenvalue weighted by molar-refractivity contribution is 7.80. The summed E-state index contributed by atoms with van der Waals surface area (Å²) in [6.45, 7) is 0.817. The zero-order valence-electron chi connectivity index (χ0n) is 16.5. The molecule has 1 atom stereocenters. The molecule has 1 N–H and O–H groups in total. The minimum absolute atomic E-state index is 0.0486. The van der Waals surface area contributed by atoms with Crippen LogP contribution in [0.25, 0.3) is 0 Å². The summed E-state index contributed by atoms with van der Waals surface area (Å²) in [5, 5.41) is 5.12. The SMILES string of the molecule is O=C(CC1C(=O)N(Cc2ccccc2)C(=S)N1Cc1cccs1)Nc1ccc(F)cc1. The summed E-state index contributed by atoms with van der Waals surface area (Å²) in [5.41, 5.74) is 1.44. The summed E-state index contributed by atoms with van der Waals surface area (Å²) in [7, 11) is 0. The van der Waals surface area contributed by atoms with Gasteiger partial charge in [-0.05, 0) is 53.5 Å². The van der Waals surface area contributed by atoms with Crippen LogP contribution >= 0.6 is 23.6 Å². The standard InChI is InChI=1S/C23H20FN3O2S2/c24-17-8-10-18(11-9-17)25-21(28)13-20-22(29)27(14-16-5-2-1-3-6-16)23(30)26(20)15-19-7-4-12-31-19/h1-12,20H,13-15H2,(H,25,28). The maximum absolute atomic E-state index is 13.3. The lowest BCUT2D eigenvalue weighted by Crippen LogP contribution is -2.37. The van der Waals surface area contributed by atoms with Crippen LogP contribution in [0.4, 0.5) is 10.1 Å². The number of nitrogens with one attached hydrogen (secondary N) is 1. The summed E-state index contributed by atoms with van der Waals surface area (Å²) >= 11 is 7.22. The number of carbonyl (C=O) groups is 2. The molecule has 1 aromatic heterocycles. The number of rotatable bonds is 7. The first-order valence-electron chi connectivity index (χ1n) is 9.75. The van der Waals surface area contributed by atoms with Gasteiger partial charge in [-0.25, -0.2) is 4.39 Å². The summed E-state index contributed by atoms with van der Waals surface area (Å²) in [6, 6.07) is 18.4. The second-order valence-electron chi connectivity index (χ2n) is 7.17. The Bertz CT molecular complexity index is 1070. The van der Waals surface area contributed by atoms with Gasteiger partial charge in [0.05, 0.1) is 19.5 Å². The van der Waals surface area contributed by atoms with E-state index < -0.39 is 6.04 Å². The van der Waals surface area contributed by atoms with Crippen LogP contribution < -0.4 is 5.32 Å². The van der Waals surface area contributed by atoms with Crippen molar-refractivity contribution in [3.63, 3.8) is 0 Å². The number of thiophene rings is 1. The Balaban J connectivity index is 1.53. The van der Waals surface area contributed by atoms with Crippen LogP contribution in [0.5, 0.6) is 0 Å². The van der Waals surface area contributed by atoms with Crippen molar-refractivity contribution in [2.24, 2.45) is 0 Å². The first-order valence-corrected chi connectivity index (χ1v) is 11.0. The van der Waals surface area contributed by atoms with Gasteiger partial charge in [-0.3, -0.25) is 14.5 Å². The van der Waals surface area contributed by atoms with E-state index >= 15 is 0 Å². The van der Waals surface area contributed by atoms with Crippen LogP contribution in [-0.4, -0.2) is 32.8 Å². The average Bonchev–Trinajstić information content (AvgIpc) is 3.35. The monoisotopic (exact) mass is 453 g/mol. The van der Waals surface area contributed by atoms with E-state index in [1.54, 1.807) is 16.2 Å². The third kappa shape index (κ3) is 4.98. The number of hydrogen-bond donors (Lipinski definition) is 1. The second-order valence-corrected chi connectivity index (χ2v) is 8.57. The zero-order valence-corrected chi connectivity index (χ0v) is 18.2. The zero-order chi connectivity index (χ0) is 21.8. The molecule has 0 spiro atoms. The van der Waals surface area contributed by atoms with Crippen LogP contribution in [0.1, 0.15) is 16.9 Å². The largest absolute Gasteiger partial charge is 0.331 e. The molecule has 0 radical (unpaired) electrons. The Hall–Kier alpha value is -3.10. The number of amides is 2. The summed E-state index contributed by atoms with van der Waals surface area (Å²) in [6.07, 6.45) is -0.0486. The van der Waals surface area contributed by atoms with Crippen LogP contribution in [0, 0.1) is 5.82 Å². The topological polar surface area (TPSA) is 52.7 Å². The predicted octanol–water partition coefficient (Wildman–Crippen LogP) is 4.41. The molecule has 2 aromatic carbocycles. The van der Waals surface area contributed by atoms with E-state index in [4.69, 9.17) is 12.2 Å². The fraction of sp³-hybridized carbons (Fsp3) is 0.174. The van der Waals surface area contributed by atoms with Crippen molar-refractivity contribution in [1.82, 2.24) is 9.80 Å².